The Hall–Kier alpha value is -3.46. The second-order valence-corrected chi connectivity index (χ2v) is 9.58. The van der Waals surface area contributed by atoms with E-state index in [1.165, 1.54) is 12.1 Å². The maximum atomic E-state index is 14.9. The number of ether oxygens (including phenoxy) is 1. The molecule has 6 rings (SSSR count). The number of fused-ring (bicyclic) bond motifs is 1. The molecule has 4 heterocycles. The maximum absolute atomic E-state index is 14.9. The van der Waals surface area contributed by atoms with Gasteiger partial charge in [0.05, 0.1) is 30.6 Å². The standard InChI is InChI=1S/C26H26F2N6O/c1-14-8-21-24(20-7-4-18(27)9-22(20)28)31-26(32-25(21)30-16(14)3)33-11-15(2)35-23(13-33)17-10-29-34(12-17)19-5-6-19/h4,7-10,12,15,19,23H,5-6,11,13H2,1-3H3/t15-,23+/m1/s1. The summed E-state index contributed by atoms with van der Waals surface area (Å²) in [6, 6.07) is 5.95. The lowest BCUT2D eigenvalue weighted by Crippen LogP contribution is -2.43. The average molecular weight is 477 g/mol. The predicted octanol–water partition coefficient (Wildman–Crippen LogP) is 5.08. The summed E-state index contributed by atoms with van der Waals surface area (Å²) in [7, 11) is 0. The van der Waals surface area contributed by atoms with Crippen LogP contribution in [0, 0.1) is 25.5 Å². The number of morpholine rings is 1. The molecular weight excluding hydrogens is 450 g/mol. The third kappa shape index (κ3) is 4.14. The Labute approximate surface area is 201 Å². The van der Waals surface area contributed by atoms with Crippen molar-refractivity contribution in [2.24, 2.45) is 0 Å². The van der Waals surface area contributed by atoms with Gasteiger partial charge in [0.15, 0.2) is 5.65 Å². The van der Waals surface area contributed by atoms with Crippen LogP contribution in [0.3, 0.4) is 0 Å². The first kappa shape index (κ1) is 22.0. The van der Waals surface area contributed by atoms with Crippen molar-refractivity contribution in [3.8, 4) is 11.3 Å². The van der Waals surface area contributed by atoms with Crippen molar-refractivity contribution in [1.29, 1.82) is 0 Å². The van der Waals surface area contributed by atoms with Gasteiger partial charge in [0.1, 0.15) is 17.7 Å². The van der Waals surface area contributed by atoms with Crippen LogP contribution in [0.5, 0.6) is 0 Å². The van der Waals surface area contributed by atoms with Gasteiger partial charge >= 0.3 is 0 Å². The van der Waals surface area contributed by atoms with Gasteiger partial charge in [-0.25, -0.2) is 18.7 Å². The first-order valence-electron chi connectivity index (χ1n) is 11.9. The summed E-state index contributed by atoms with van der Waals surface area (Å²) in [5.41, 5.74) is 3.90. The van der Waals surface area contributed by atoms with Gasteiger partial charge in [-0.2, -0.15) is 10.1 Å². The van der Waals surface area contributed by atoms with E-state index in [-0.39, 0.29) is 17.8 Å². The van der Waals surface area contributed by atoms with Crippen molar-refractivity contribution < 1.29 is 13.5 Å². The summed E-state index contributed by atoms with van der Waals surface area (Å²) < 4.78 is 36.8. The minimum absolute atomic E-state index is 0.0731. The Morgan fingerprint density at radius 3 is 2.63 bits per heavy atom. The number of hydrogen-bond acceptors (Lipinski definition) is 6. The lowest BCUT2D eigenvalue weighted by atomic mass is 10.1. The third-order valence-electron chi connectivity index (χ3n) is 6.76. The molecule has 0 unspecified atom stereocenters. The molecule has 2 atom stereocenters. The molecule has 0 bridgehead atoms. The van der Waals surface area contributed by atoms with Gasteiger partial charge in [0.2, 0.25) is 5.95 Å². The summed E-state index contributed by atoms with van der Waals surface area (Å²) in [4.78, 5) is 16.3. The van der Waals surface area contributed by atoms with Crippen LogP contribution in [0.15, 0.2) is 36.7 Å². The average Bonchev–Trinajstić information content (AvgIpc) is 3.55. The molecule has 0 radical (unpaired) electrons. The normalized spacial score (nSPS) is 20.5. The maximum Gasteiger partial charge on any atom is 0.228 e. The zero-order chi connectivity index (χ0) is 24.3. The van der Waals surface area contributed by atoms with E-state index in [1.54, 1.807) is 0 Å². The molecule has 9 heteroatoms. The predicted molar refractivity (Wildman–Crippen MR) is 128 cm³/mol. The molecule has 7 nitrogen and oxygen atoms in total. The van der Waals surface area contributed by atoms with Gasteiger partial charge in [-0.1, -0.05) is 0 Å². The molecular formula is C26H26F2N6O. The molecule has 1 aliphatic heterocycles. The minimum Gasteiger partial charge on any atom is -0.367 e. The first-order chi connectivity index (χ1) is 16.9. The summed E-state index contributed by atoms with van der Waals surface area (Å²) in [6.07, 6.45) is 5.99. The van der Waals surface area contributed by atoms with Crippen molar-refractivity contribution in [2.75, 3.05) is 18.0 Å². The van der Waals surface area contributed by atoms with E-state index >= 15 is 0 Å². The SMILES string of the molecule is Cc1cc2c(-c3ccc(F)cc3F)nc(N3C[C@@H](C)O[C@H](c4cnn(C5CC5)c4)C3)nc2nc1C. The lowest BCUT2D eigenvalue weighted by Gasteiger charge is -2.36. The molecule has 180 valence electrons. The number of aromatic nitrogens is 5. The Kier molecular flexibility index (Phi) is 5.25. The highest BCUT2D eigenvalue weighted by molar-refractivity contribution is 5.92. The van der Waals surface area contributed by atoms with Crippen LogP contribution >= 0.6 is 0 Å². The highest BCUT2D eigenvalue weighted by Gasteiger charge is 2.31. The van der Waals surface area contributed by atoms with Crippen LogP contribution in [0.25, 0.3) is 22.3 Å². The van der Waals surface area contributed by atoms with Crippen LogP contribution < -0.4 is 4.90 Å². The number of nitrogens with zero attached hydrogens (tertiary/aromatic N) is 6. The largest absolute Gasteiger partial charge is 0.367 e. The molecule has 1 saturated carbocycles. The number of rotatable bonds is 4. The first-order valence-corrected chi connectivity index (χ1v) is 11.9. The fourth-order valence-corrected chi connectivity index (χ4v) is 4.62. The molecule has 2 fully saturated rings. The van der Waals surface area contributed by atoms with Gasteiger partial charge in [-0.05, 0) is 57.4 Å². The van der Waals surface area contributed by atoms with Crippen molar-refractivity contribution in [3.05, 3.63) is 65.1 Å². The molecule has 35 heavy (non-hydrogen) atoms. The molecule has 4 aromatic rings. The van der Waals surface area contributed by atoms with E-state index in [9.17, 15) is 8.78 Å². The lowest BCUT2D eigenvalue weighted by molar-refractivity contribution is -0.0178. The summed E-state index contributed by atoms with van der Waals surface area (Å²) in [5, 5.41) is 5.14. The number of halogens is 2. The van der Waals surface area contributed by atoms with E-state index in [0.717, 1.165) is 35.7 Å². The number of hydrogen-bond donors (Lipinski definition) is 0. The van der Waals surface area contributed by atoms with E-state index in [4.69, 9.17) is 14.7 Å². The quantitative estimate of drug-likeness (QED) is 0.409. The molecule has 1 aliphatic carbocycles. The van der Waals surface area contributed by atoms with Crippen LogP contribution in [0.2, 0.25) is 0 Å². The van der Waals surface area contributed by atoms with E-state index in [2.05, 4.69) is 21.2 Å². The number of benzene rings is 1. The van der Waals surface area contributed by atoms with Gasteiger partial charge in [-0.15, -0.1) is 0 Å². The van der Waals surface area contributed by atoms with Crippen molar-refractivity contribution in [2.45, 2.75) is 51.9 Å². The fraction of sp³-hybridized carbons (Fsp3) is 0.385. The van der Waals surface area contributed by atoms with Crippen molar-refractivity contribution in [3.63, 3.8) is 0 Å². The highest BCUT2D eigenvalue weighted by atomic mass is 19.1. The van der Waals surface area contributed by atoms with E-state index in [1.807, 2.05) is 37.7 Å². The van der Waals surface area contributed by atoms with Crippen molar-refractivity contribution in [1.82, 2.24) is 24.7 Å². The summed E-state index contributed by atoms with van der Waals surface area (Å²) in [6.45, 7) is 6.98. The monoisotopic (exact) mass is 476 g/mol. The topological polar surface area (TPSA) is 69.0 Å². The van der Waals surface area contributed by atoms with Gasteiger partial charge in [0.25, 0.3) is 0 Å². The molecule has 1 saturated heterocycles. The van der Waals surface area contributed by atoms with Crippen LogP contribution in [-0.4, -0.2) is 43.9 Å². The Morgan fingerprint density at radius 1 is 1.03 bits per heavy atom. The van der Waals surface area contributed by atoms with Crippen LogP contribution in [0.1, 0.15) is 48.7 Å². The van der Waals surface area contributed by atoms with Crippen molar-refractivity contribution >= 4 is 17.0 Å². The van der Waals surface area contributed by atoms with Crippen LogP contribution in [-0.2, 0) is 4.74 Å². The van der Waals surface area contributed by atoms with Gasteiger partial charge in [0, 0.05) is 41.0 Å². The molecule has 0 N–H and O–H groups in total. The smallest absolute Gasteiger partial charge is 0.228 e. The Bertz CT molecular complexity index is 1430. The summed E-state index contributed by atoms with van der Waals surface area (Å²) in [5.74, 6) is -0.858. The molecule has 0 amide bonds. The fourth-order valence-electron chi connectivity index (χ4n) is 4.62. The molecule has 1 aromatic carbocycles. The third-order valence-corrected chi connectivity index (χ3v) is 6.76. The summed E-state index contributed by atoms with van der Waals surface area (Å²) >= 11 is 0. The zero-order valence-electron chi connectivity index (χ0n) is 19.9. The Morgan fingerprint density at radius 2 is 1.86 bits per heavy atom. The number of anilines is 1. The molecule has 0 spiro atoms. The Balaban J connectivity index is 1.43. The second-order valence-electron chi connectivity index (χ2n) is 9.58. The molecule has 2 aliphatic rings. The second kappa shape index (κ2) is 8.34. The molecule has 3 aromatic heterocycles. The zero-order valence-corrected chi connectivity index (χ0v) is 19.9. The highest BCUT2D eigenvalue weighted by Crippen LogP contribution is 2.36. The van der Waals surface area contributed by atoms with Gasteiger partial charge < -0.3 is 9.64 Å². The van der Waals surface area contributed by atoms with E-state index < -0.39 is 11.6 Å². The number of aryl methyl sites for hydroxylation is 2. The van der Waals surface area contributed by atoms with Crippen LogP contribution in [0.4, 0.5) is 14.7 Å². The van der Waals surface area contributed by atoms with Gasteiger partial charge in [-0.3, -0.25) is 4.68 Å². The van der Waals surface area contributed by atoms with E-state index in [0.29, 0.717) is 41.8 Å². The minimum atomic E-state index is -0.671. The number of pyridine rings is 1.